The first kappa shape index (κ1) is 22.8. The summed E-state index contributed by atoms with van der Waals surface area (Å²) in [6.07, 6.45) is 12.8. The van der Waals surface area contributed by atoms with E-state index in [0.717, 1.165) is 40.8 Å². The number of aromatic nitrogens is 1. The number of rotatable bonds is 6. The van der Waals surface area contributed by atoms with E-state index in [1.807, 2.05) is 25.1 Å². The van der Waals surface area contributed by atoms with Crippen LogP contribution in [0, 0.1) is 0 Å². The average Bonchev–Trinajstić information content (AvgIpc) is 2.83. The summed E-state index contributed by atoms with van der Waals surface area (Å²) in [7, 11) is -4.37. The van der Waals surface area contributed by atoms with E-state index in [9.17, 15) is 13.0 Å². The molecule has 0 saturated heterocycles. The molecule has 3 unspecified atom stereocenters. The molecule has 6 heteroatoms. The van der Waals surface area contributed by atoms with Crippen molar-refractivity contribution in [1.82, 2.24) is 4.98 Å². The Morgan fingerprint density at radius 1 is 1.12 bits per heavy atom. The average molecular weight is 476 g/mol. The van der Waals surface area contributed by atoms with Crippen molar-refractivity contribution in [2.45, 2.75) is 50.2 Å². The van der Waals surface area contributed by atoms with E-state index < -0.39 is 27.2 Å². The SMILES string of the molecule is CCCCOc1cccnc1C1C=c2c(ccc3c4c(ccc23)CC=CC=4)C(C)C1S(=O)(=O)O. The summed E-state index contributed by atoms with van der Waals surface area (Å²) in [6, 6.07) is 12.0. The minimum atomic E-state index is -4.37. The largest absolute Gasteiger partial charge is 0.492 e. The molecule has 0 aliphatic heterocycles. The fourth-order valence-corrected chi connectivity index (χ4v) is 6.61. The van der Waals surface area contributed by atoms with Crippen LogP contribution in [0.15, 0.2) is 54.7 Å². The maximum absolute atomic E-state index is 12.7. The number of hydrogen-bond donors (Lipinski definition) is 1. The van der Waals surface area contributed by atoms with Crippen LogP contribution < -0.4 is 15.2 Å². The molecule has 1 heterocycles. The van der Waals surface area contributed by atoms with Gasteiger partial charge in [0.25, 0.3) is 10.1 Å². The number of ether oxygens (including phenoxy) is 1. The number of hydrogen-bond acceptors (Lipinski definition) is 4. The van der Waals surface area contributed by atoms with Gasteiger partial charge in [-0.15, -0.1) is 0 Å². The van der Waals surface area contributed by atoms with E-state index in [-0.39, 0.29) is 0 Å². The van der Waals surface area contributed by atoms with E-state index in [0.29, 0.717) is 18.1 Å². The number of fused-ring (bicyclic) bond motifs is 5. The monoisotopic (exact) mass is 475 g/mol. The summed E-state index contributed by atoms with van der Waals surface area (Å²) in [5.41, 5.74) is 2.74. The van der Waals surface area contributed by atoms with Gasteiger partial charge in [0.05, 0.1) is 12.3 Å². The van der Waals surface area contributed by atoms with Gasteiger partial charge < -0.3 is 4.74 Å². The van der Waals surface area contributed by atoms with E-state index in [1.165, 1.54) is 10.8 Å². The Balaban J connectivity index is 1.77. The Kier molecular flexibility index (Phi) is 6.04. The van der Waals surface area contributed by atoms with Crippen molar-refractivity contribution in [2.24, 2.45) is 0 Å². The molecule has 2 aliphatic carbocycles. The number of nitrogens with zero attached hydrogens (tertiary/aromatic N) is 1. The molecule has 34 heavy (non-hydrogen) atoms. The lowest BCUT2D eigenvalue weighted by Crippen LogP contribution is -2.39. The van der Waals surface area contributed by atoms with Crippen LogP contribution in [-0.4, -0.2) is 29.8 Å². The fraction of sp³-hybridized carbons (Fsp3) is 0.321. The number of pyridine rings is 1. The molecule has 5 rings (SSSR count). The van der Waals surface area contributed by atoms with Crippen LogP contribution in [-0.2, 0) is 16.5 Å². The molecular formula is C28H29NO4S. The first-order valence-corrected chi connectivity index (χ1v) is 13.4. The predicted octanol–water partition coefficient (Wildman–Crippen LogP) is 4.24. The zero-order valence-electron chi connectivity index (χ0n) is 19.4. The molecule has 0 bridgehead atoms. The third kappa shape index (κ3) is 3.95. The molecule has 1 aromatic heterocycles. The van der Waals surface area contributed by atoms with Gasteiger partial charge in [-0.3, -0.25) is 9.54 Å². The Bertz CT molecular complexity index is 1510. The molecular weight excluding hydrogens is 446 g/mol. The van der Waals surface area contributed by atoms with Crippen LogP contribution in [0.25, 0.3) is 22.9 Å². The number of benzene rings is 2. The van der Waals surface area contributed by atoms with Crippen molar-refractivity contribution in [3.8, 4) is 5.75 Å². The molecule has 3 aromatic rings. The maximum Gasteiger partial charge on any atom is 0.269 e. The summed E-state index contributed by atoms with van der Waals surface area (Å²) in [6.45, 7) is 4.49. The van der Waals surface area contributed by atoms with Crippen molar-refractivity contribution < 1.29 is 17.7 Å². The summed E-state index contributed by atoms with van der Waals surface area (Å²) in [5.74, 6) is -0.492. The molecule has 0 radical (unpaired) electrons. The molecule has 0 saturated carbocycles. The van der Waals surface area contributed by atoms with Crippen LogP contribution in [0.3, 0.4) is 0 Å². The van der Waals surface area contributed by atoms with E-state index in [2.05, 4.69) is 48.3 Å². The van der Waals surface area contributed by atoms with E-state index >= 15 is 0 Å². The molecule has 0 amide bonds. The Morgan fingerprint density at radius 2 is 1.91 bits per heavy atom. The van der Waals surface area contributed by atoms with E-state index in [1.54, 1.807) is 12.3 Å². The van der Waals surface area contributed by atoms with Crippen LogP contribution in [0.2, 0.25) is 0 Å². The predicted molar refractivity (Wildman–Crippen MR) is 136 cm³/mol. The van der Waals surface area contributed by atoms with Gasteiger partial charge in [0.1, 0.15) is 11.0 Å². The normalized spacial score (nSPS) is 21.3. The Morgan fingerprint density at radius 3 is 2.71 bits per heavy atom. The molecule has 2 aliphatic rings. The van der Waals surface area contributed by atoms with Gasteiger partial charge in [-0.1, -0.05) is 68.8 Å². The minimum absolute atomic E-state index is 0.421. The highest BCUT2D eigenvalue weighted by Gasteiger charge is 2.42. The lowest BCUT2D eigenvalue weighted by molar-refractivity contribution is 0.303. The number of allylic oxidation sites excluding steroid dienone is 2. The first-order chi connectivity index (χ1) is 16.4. The van der Waals surface area contributed by atoms with Crippen molar-refractivity contribution in [1.29, 1.82) is 0 Å². The molecule has 5 nitrogen and oxygen atoms in total. The highest BCUT2D eigenvalue weighted by Crippen LogP contribution is 2.40. The van der Waals surface area contributed by atoms with Gasteiger partial charge in [-0.05, 0) is 57.3 Å². The molecule has 0 spiro atoms. The zero-order chi connectivity index (χ0) is 23.9. The fourth-order valence-electron chi connectivity index (χ4n) is 5.37. The van der Waals surface area contributed by atoms with Gasteiger partial charge >= 0.3 is 0 Å². The van der Waals surface area contributed by atoms with Crippen LogP contribution in [0.5, 0.6) is 5.75 Å². The maximum atomic E-state index is 12.7. The second-order valence-corrected chi connectivity index (χ2v) is 10.7. The van der Waals surface area contributed by atoms with Crippen molar-refractivity contribution in [3.05, 3.63) is 82.0 Å². The van der Waals surface area contributed by atoms with Gasteiger partial charge in [-0.2, -0.15) is 8.42 Å². The van der Waals surface area contributed by atoms with Gasteiger partial charge in [0.15, 0.2) is 0 Å². The van der Waals surface area contributed by atoms with E-state index in [4.69, 9.17) is 4.74 Å². The van der Waals surface area contributed by atoms with Crippen molar-refractivity contribution >= 4 is 33.0 Å². The smallest absolute Gasteiger partial charge is 0.269 e. The Hall–Kier alpha value is -2.96. The van der Waals surface area contributed by atoms with Crippen LogP contribution in [0.4, 0.5) is 0 Å². The molecule has 3 atom stereocenters. The molecule has 176 valence electrons. The number of unbranched alkanes of at least 4 members (excludes halogenated alkanes) is 1. The van der Waals surface area contributed by atoms with Crippen molar-refractivity contribution in [2.75, 3.05) is 6.61 Å². The molecule has 2 aromatic carbocycles. The first-order valence-electron chi connectivity index (χ1n) is 11.9. The summed E-state index contributed by atoms with van der Waals surface area (Å²) in [4.78, 5) is 4.56. The zero-order valence-corrected chi connectivity index (χ0v) is 20.3. The third-order valence-electron chi connectivity index (χ3n) is 7.04. The quantitative estimate of drug-likeness (QED) is 0.426. The molecule has 0 fully saturated rings. The van der Waals surface area contributed by atoms with Gasteiger partial charge in [0.2, 0.25) is 0 Å². The van der Waals surface area contributed by atoms with Crippen molar-refractivity contribution in [3.63, 3.8) is 0 Å². The second-order valence-electron chi connectivity index (χ2n) is 9.15. The third-order valence-corrected chi connectivity index (χ3v) is 8.43. The van der Waals surface area contributed by atoms with Crippen LogP contribution in [0.1, 0.15) is 55.3 Å². The lowest BCUT2D eigenvalue weighted by atomic mass is 9.79. The summed E-state index contributed by atoms with van der Waals surface area (Å²) in [5, 5.41) is 3.39. The van der Waals surface area contributed by atoms with Gasteiger partial charge in [0, 0.05) is 18.0 Å². The standard InChI is InChI=1S/C28H29NO4S/c1-3-4-16-33-26-10-7-15-29-27(26)25-17-24-20(18(2)28(25)34(30,31)32)13-14-22-21-9-6-5-8-19(21)11-12-23(22)24/h5-7,9-15,17-18,25,28H,3-4,8,16H2,1-2H3,(H,30,31,32). The van der Waals surface area contributed by atoms with Gasteiger partial charge in [-0.25, -0.2) is 0 Å². The minimum Gasteiger partial charge on any atom is -0.492 e. The summed E-state index contributed by atoms with van der Waals surface area (Å²) < 4.78 is 41.7. The lowest BCUT2D eigenvalue weighted by Gasteiger charge is -2.33. The Labute approximate surface area is 200 Å². The second kappa shape index (κ2) is 9.01. The highest BCUT2D eigenvalue weighted by atomic mass is 32.2. The highest BCUT2D eigenvalue weighted by molar-refractivity contribution is 7.86. The summed E-state index contributed by atoms with van der Waals surface area (Å²) >= 11 is 0. The molecule has 1 N–H and O–H groups in total. The van der Waals surface area contributed by atoms with Crippen LogP contribution >= 0.6 is 0 Å². The topological polar surface area (TPSA) is 76.5 Å².